The monoisotopic (exact) mass is 390 g/mol. The number of nitrogens with one attached hydrogen (secondary N) is 2. The van der Waals surface area contributed by atoms with Gasteiger partial charge in [0.2, 0.25) is 5.91 Å². The summed E-state index contributed by atoms with van der Waals surface area (Å²) in [5, 5.41) is 6.27. The molecule has 0 aliphatic rings. The van der Waals surface area contributed by atoms with Crippen LogP contribution in [0.5, 0.6) is 0 Å². The number of carbonyl (C=O) groups is 2. The second-order valence-electron chi connectivity index (χ2n) is 6.09. The Morgan fingerprint density at radius 1 is 0.857 bits per heavy atom. The zero-order valence-corrected chi connectivity index (χ0v) is 15.8. The average Bonchev–Trinajstić information content (AvgIpc) is 2.73. The summed E-state index contributed by atoms with van der Waals surface area (Å²) < 4.78 is 0. The molecule has 0 aromatic heterocycles. The molecule has 2 N–H and O–H groups in total. The molecule has 0 aliphatic carbocycles. The van der Waals surface area contributed by atoms with Crippen LogP contribution in [-0.4, -0.2) is 11.8 Å². The predicted octanol–water partition coefficient (Wildman–Crippen LogP) is 4.92. The number of carbonyl (C=O) groups excluding carboxylic acids is 2. The Morgan fingerprint density at radius 3 is 2.29 bits per heavy atom. The molecule has 0 heterocycles. The molecule has 140 valence electrons. The van der Waals surface area contributed by atoms with Crippen molar-refractivity contribution in [2.45, 2.75) is 6.54 Å². The van der Waals surface area contributed by atoms with E-state index >= 15 is 0 Å². The minimum Gasteiger partial charge on any atom is -0.348 e. The first-order chi connectivity index (χ1) is 13.6. The SMILES string of the molecule is O=C(/C=C/c1ccc(Cl)cc1)Nc1ccccc1C(=O)NCc1ccccc1. The molecule has 2 amide bonds. The number of benzene rings is 3. The summed E-state index contributed by atoms with van der Waals surface area (Å²) in [6.45, 7) is 0.415. The molecule has 0 fully saturated rings. The van der Waals surface area contributed by atoms with Crippen molar-refractivity contribution >= 4 is 35.2 Å². The molecule has 3 aromatic carbocycles. The third-order valence-corrected chi connectivity index (χ3v) is 4.27. The Hall–Kier alpha value is -3.37. The summed E-state index contributed by atoms with van der Waals surface area (Å²) in [6, 6.07) is 23.7. The van der Waals surface area contributed by atoms with Gasteiger partial charge in [0.25, 0.3) is 5.91 Å². The Labute approximate surface area is 168 Å². The van der Waals surface area contributed by atoms with Crippen molar-refractivity contribution in [1.82, 2.24) is 5.32 Å². The van der Waals surface area contributed by atoms with Crippen molar-refractivity contribution in [3.63, 3.8) is 0 Å². The van der Waals surface area contributed by atoms with Crippen LogP contribution in [0.2, 0.25) is 5.02 Å². The van der Waals surface area contributed by atoms with Gasteiger partial charge < -0.3 is 10.6 Å². The topological polar surface area (TPSA) is 58.2 Å². The standard InChI is InChI=1S/C23H19ClN2O2/c24-19-13-10-17(11-14-19)12-15-22(27)26-21-9-5-4-8-20(21)23(28)25-16-18-6-2-1-3-7-18/h1-15H,16H2,(H,25,28)(H,26,27)/b15-12+. The lowest BCUT2D eigenvalue weighted by Gasteiger charge is -2.10. The lowest BCUT2D eigenvalue weighted by molar-refractivity contribution is -0.111. The van der Waals surface area contributed by atoms with Crippen LogP contribution in [0.25, 0.3) is 6.08 Å². The van der Waals surface area contributed by atoms with Gasteiger partial charge in [-0.3, -0.25) is 9.59 Å². The number of rotatable bonds is 6. The normalized spacial score (nSPS) is 10.6. The van der Waals surface area contributed by atoms with Gasteiger partial charge in [0.05, 0.1) is 11.3 Å². The molecule has 0 saturated carbocycles. The number of para-hydroxylation sites is 1. The van der Waals surface area contributed by atoms with Crippen LogP contribution < -0.4 is 10.6 Å². The highest BCUT2D eigenvalue weighted by Gasteiger charge is 2.12. The molecule has 3 rings (SSSR count). The summed E-state index contributed by atoms with van der Waals surface area (Å²) in [5.41, 5.74) is 2.72. The smallest absolute Gasteiger partial charge is 0.253 e. The van der Waals surface area contributed by atoms with Gasteiger partial charge >= 0.3 is 0 Å². The second kappa shape index (κ2) is 9.53. The van der Waals surface area contributed by atoms with Crippen LogP contribution in [0.3, 0.4) is 0 Å². The van der Waals surface area contributed by atoms with Gasteiger partial charge in [0, 0.05) is 17.6 Å². The second-order valence-corrected chi connectivity index (χ2v) is 6.52. The summed E-state index contributed by atoms with van der Waals surface area (Å²) in [4.78, 5) is 24.8. The van der Waals surface area contributed by atoms with E-state index in [0.29, 0.717) is 22.8 Å². The number of anilines is 1. The molecular weight excluding hydrogens is 372 g/mol. The zero-order valence-electron chi connectivity index (χ0n) is 15.1. The molecule has 0 unspecified atom stereocenters. The Morgan fingerprint density at radius 2 is 1.54 bits per heavy atom. The fourth-order valence-corrected chi connectivity index (χ4v) is 2.71. The molecule has 28 heavy (non-hydrogen) atoms. The first-order valence-corrected chi connectivity index (χ1v) is 9.15. The van der Waals surface area contributed by atoms with Crippen LogP contribution in [0.4, 0.5) is 5.69 Å². The van der Waals surface area contributed by atoms with E-state index in [1.165, 1.54) is 6.08 Å². The van der Waals surface area contributed by atoms with Crippen molar-refractivity contribution in [1.29, 1.82) is 0 Å². The van der Waals surface area contributed by atoms with Gasteiger partial charge in [-0.05, 0) is 41.5 Å². The van der Waals surface area contributed by atoms with E-state index < -0.39 is 0 Å². The lowest BCUT2D eigenvalue weighted by atomic mass is 10.1. The fourth-order valence-electron chi connectivity index (χ4n) is 2.58. The number of amides is 2. The van der Waals surface area contributed by atoms with E-state index in [1.54, 1.807) is 42.5 Å². The van der Waals surface area contributed by atoms with Crippen LogP contribution in [0.15, 0.2) is 84.9 Å². The maximum Gasteiger partial charge on any atom is 0.253 e. The first-order valence-electron chi connectivity index (χ1n) is 8.77. The largest absolute Gasteiger partial charge is 0.348 e. The van der Waals surface area contributed by atoms with Crippen molar-refractivity contribution < 1.29 is 9.59 Å². The van der Waals surface area contributed by atoms with Gasteiger partial charge in [0.15, 0.2) is 0 Å². The van der Waals surface area contributed by atoms with Crippen LogP contribution in [-0.2, 0) is 11.3 Å². The molecule has 0 aliphatic heterocycles. The van der Waals surface area contributed by atoms with Crippen molar-refractivity contribution in [2.24, 2.45) is 0 Å². The summed E-state index contributed by atoms with van der Waals surface area (Å²) >= 11 is 5.85. The predicted molar refractivity (Wildman–Crippen MR) is 113 cm³/mol. The quantitative estimate of drug-likeness (QED) is 0.587. The molecule has 0 radical (unpaired) electrons. The minimum absolute atomic E-state index is 0.249. The number of hydrogen-bond acceptors (Lipinski definition) is 2. The molecule has 0 saturated heterocycles. The van der Waals surface area contributed by atoms with E-state index in [2.05, 4.69) is 10.6 Å². The van der Waals surface area contributed by atoms with Gasteiger partial charge in [-0.1, -0.05) is 66.2 Å². The van der Waals surface area contributed by atoms with Gasteiger partial charge in [-0.15, -0.1) is 0 Å². The highest BCUT2D eigenvalue weighted by molar-refractivity contribution is 6.30. The lowest BCUT2D eigenvalue weighted by Crippen LogP contribution is -2.24. The summed E-state index contributed by atoms with van der Waals surface area (Å²) in [6.07, 6.45) is 3.10. The third-order valence-electron chi connectivity index (χ3n) is 4.02. The van der Waals surface area contributed by atoms with Crippen molar-refractivity contribution in [3.8, 4) is 0 Å². The van der Waals surface area contributed by atoms with E-state index in [1.807, 2.05) is 42.5 Å². The zero-order chi connectivity index (χ0) is 19.8. The molecule has 0 atom stereocenters. The van der Waals surface area contributed by atoms with E-state index in [0.717, 1.165) is 11.1 Å². The summed E-state index contributed by atoms with van der Waals surface area (Å²) in [7, 11) is 0. The minimum atomic E-state index is -0.321. The van der Waals surface area contributed by atoms with Crippen molar-refractivity contribution in [3.05, 3.63) is 107 Å². The highest BCUT2D eigenvalue weighted by Crippen LogP contribution is 2.16. The first kappa shape index (κ1) is 19.4. The molecule has 3 aromatic rings. The highest BCUT2D eigenvalue weighted by atomic mass is 35.5. The van der Waals surface area contributed by atoms with Crippen LogP contribution in [0.1, 0.15) is 21.5 Å². The summed E-state index contributed by atoms with van der Waals surface area (Å²) in [5.74, 6) is -0.570. The van der Waals surface area contributed by atoms with E-state index in [9.17, 15) is 9.59 Å². The third kappa shape index (κ3) is 5.56. The average molecular weight is 391 g/mol. The van der Waals surface area contributed by atoms with E-state index in [4.69, 9.17) is 11.6 Å². The molecule has 0 bridgehead atoms. The fraction of sp³-hybridized carbons (Fsp3) is 0.0435. The van der Waals surface area contributed by atoms with Gasteiger partial charge in [0.1, 0.15) is 0 Å². The number of halogens is 1. The Bertz CT molecular complexity index is 983. The van der Waals surface area contributed by atoms with Crippen LogP contribution in [0, 0.1) is 0 Å². The molecular formula is C23H19ClN2O2. The van der Waals surface area contributed by atoms with Gasteiger partial charge in [-0.25, -0.2) is 0 Å². The van der Waals surface area contributed by atoms with Crippen LogP contribution >= 0.6 is 11.6 Å². The maximum atomic E-state index is 12.5. The Kier molecular flexibility index (Phi) is 6.60. The van der Waals surface area contributed by atoms with Gasteiger partial charge in [-0.2, -0.15) is 0 Å². The molecule has 4 nitrogen and oxygen atoms in total. The maximum absolute atomic E-state index is 12.5. The van der Waals surface area contributed by atoms with Crippen molar-refractivity contribution in [2.75, 3.05) is 5.32 Å². The molecule has 5 heteroatoms. The van der Waals surface area contributed by atoms with E-state index in [-0.39, 0.29) is 11.8 Å². The number of hydrogen-bond donors (Lipinski definition) is 2. The molecule has 0 spiro atoms. The Balaban J connectivity index is 1.65.